The number of aromatic nitrogens is 2. The van der Waals surface area contributed by atoms with E-state index in [0.29, 0.717) is 33.9 Å². The van der Waals surface area contributed by atoms with Crippen LogP contribution in [0.15, 0.2) is 65.5 Å². The molecule has 8 nitrogen and oxygen atoms in total. The number of nitrogens with one attached hydrogen (secondary N) is 1. The molecular weight excluding hydrogens is 468 g/mol. The van der Waals surface area contributed by atoms with Crippen LogP contribution in [0.1, 0.15) is 34.3 Å². The van der Waals surface area contributed by atoms with Crippen molar-refractivity contribution in [2.24, 2.45) is 0 Å². The fourth-order valence-electron chi connectivity index (χ4n) is 4.74. The van der Waals surface area contributed by atoms with Gasteiger partial charge in [-0.05, 0) is 73.9 Å². The van der Waals surface area contributed by atoms with E-state index in [0.717, 1.165) is 42.7 Å². The summed E-state index contributed by atoms with van der Waals surface area (Å²) in [6.07, 6.45) is 2.11. The first-order chi connectivity index (χ1) is 18.0. The number of ether oxygens (including phenoxy) is 2. The number of benzene rings is 3. The zero-order chi connectivity index (χ0) is 25.9. The van der Waals surface area contributed by atoms with Crippen LogP contribution >= 0.6 is 0 Å². The van der Waals surface area contributed by atoms with Gasteiger partial charge in [0.05, 0.1) is 30.8 Å². The average Bonchev–Trinajstić information content (AvgIpc) is 3.46. The second-order valence-electron chi connectivity index (χ2n) is 9.18. The van der Waals surface area contributed by atoms with Gasteiger partial charge in [0.1, 0.15) is 11.5 Å². The van der Waals surface area contributed by atoms with Crippen LogP contribution in [-0.4, -0.2) is 42.8 Å². The Hall–Kier alpha value is -4.33. The third-order valence-corrected chi connectivity index (χ3v) is 6.69. The van der Waals surface area contributed by atoms with Gasteiger partial charge in [-0.25, -0.2) is 9.55 Å². The van der Waals surface area contributed by atoms with Gasteiger partial charge in [0.15, 0.2) is 0 Å². The van der Waals surface area contributed by atoms with Crippen molar-refractivity contribution in [3.8, 4) is 17.2 Å². The molecule has 0 unspecified atom stereocenters. The molecule has 4 aromatic rings. The first kappa shape index (κ1) is 24.4. The molecule has 190 valence electrons. The van der Waals surface area contributed by atoms with Gasteiger partial charge in [0.2, 0.25) is 5.95 Å². The zero-order valence-electron chi connectivity index (χ0n) is 21.3. The molecule has 0 spiro atoms. The molecular formula is C29H30N4O4. The van der Waals surface area contributed by atoms with Gasteiger partial charge in [0.25, 0.3) is 11.5 Å². The molecule has 1 aliphatic heterocycles. The van der Waals surface area contributed by atoms with Crippen LogP contribution in [0.5, 0.6) is 11.5 Å². The van der Waals surface area contributed by atoms with Gasteiger partial charge in [0, 0.05) is 30.8 Å². The van der Waals surface area contributed by atoms with Crippen LogP contribution in [0, 0.1) is 6.92 Å². The fourth-order valence-corrected chi connectivity index (χ4v) is 4.74. The second kappa shape index (κ2) is 10.3. The van der Waals surface area contributed by atoms with E-state index in [1.165, 1.54) is 0 Å². The zero-order valence-corrected chi connectivity index (χ0v) is 21.3. The molecule has 0 bridgehead atoms. The highest BCUT2D eigenvalue weighted by molar-refractivity contribution is 5.97. The molecule has 0 atom stereocenters. The van der Waals surface area contributed by atoms with Gasteiger partial charge in [-0.1, -0.05) is 12.1 Å². The number of hydrogen-bond acceptors (Lipinski definition) is 6. The highest BCUT2D eigenvalue weighted by Crippen LogP contribution is 2.25. The minimum Gasteiger partial charge on any atom is -0.497 e. The van der Waals surface area contributed by atoms with E-state index in [4.69, 9.17) is 14.5 Å². The number of rotatable bonds is 7. The lowest BCUT2D eigenvalue weighted by atomic mass is 10.1. The van der Waals surface area contributed by atoms with E-state index < -0.39 is 0 Å². The SMILES string of the molecule is COc1ccc(OC)c(CNC(=O)c2ccc3c(=O)n(-c4cccc(C)c4)c(N4CCCC4)nc3c2)c1. The summed E-state index contributed by atoms with van der Waals surface area (Å²) in [5, 5.41) is 3.41. The summed E-state index contributed by atoms with van der Waals surface area (Å²) in [5.41, 5.74) is 3.44. The third-order valence-electron chi connectivity index (χ3n) is 6.69. The van der Waals surface area contributed by atoms with Crippen molar-refractivity contribution in [2.75, 3.05) is 32.2 Å². The first-order valence-corrected chi connectivity index (χ1v) is 12.4. The fraction of sp³-hybridized carbons (Fsp3) is 0.276. The summed E-state index contributed by atoms with van der Waals surface area (Å²) in [4.78, 5) is 33.8. The van der Waals surface area contributed by atoms with Gasteiger partial charge >= 0.3 is 0 Å². The largest absolute Gasteiger partial charge is 0.497 e. The van der Waals surface area contributed by atoms with Crippen molar-refractivity contribution < 1.29 is 14.3 Å². The molecule has 2 heterocycles. The number of aryl methyl sites for hydroxylation is 1. The molecule has 0 saturated carbocycles. The monoisotopic (exact) mass is 498 g/mol. The van der Waals surface area contributed by atoms with E-state index in [1.54, 1.807) is 49.1 Å². The predicted octanol–water partition coefficient (Wildman–Crippen LogP) is 4.24. The Balaban J connectivity index is 1.50. The smallest absolute Gasteiger partial charge is 0.267 e. The molecule has 1 aromatic heterocycles. The number of nitrogens with zero attached hydrogens (tertiary/aromatic N) is 3. The normalized spacial score (nSPS) is 13.1. The second-order valence-corrected chi connectivity index (χ2v) is 9.18. The Morgan fingerprint density at radius 3 is 2.54 bits per heavy atom. The van der Waals surface area contributed by atoms with Crippen molar-refractivity contribution in [2.45, 2.75) is 26.3 Å². The predicted molar refractivity (Wildman–Crippen MR) is 144 cm³/mol. The van der Waals surface area contributed by atoms with Crippen LogP contribution in [0.25, 0.3) is 16.6 Å². The molecule has 3 aromatic carbocycles. The minimum atomic E-state index is -0.265. The number of methoxy groups -OCH3 is 2. The van der Waals surface area contributed by atoms with E-state index in [1.807, 2.05) is 37.3 Å². The molecule has 8 heteroatoms. The molecule has 1 amide bonds. The van der Waals surface area contributed by atoms with E-state index >= 15 is 0 Å². The van der Waals surface area contributed by atoms with Crippen LogP contribution in [0.2, 0.25) is 0 Å². The number of amides is 1. The van der Waals surface area contributed by atoms with Crippen molar-refractivity contribution in [1.29, 1.82) is 0 Å². The average molecular weight is 499 g/mol. The summed E-state index contributed by atoms with van der Waals surface area (Å²) >= 11 is 0. The molecule has 1 aliphatic rings. The van der Waals surface area contributed by atoms with Crippen LogP contribution in [0.3, 0.4) is 0 Å². The maximum Gasteiger partial charge on any atom is 0.267 e. The van der Waals surface area contributed by atoms with Gasteiger partial charge in [-0.15, -0.1) is 0 Å². The number of fused-ring (bicyclic) bond motifs is 1. The summed E-state index contributed by atoms with van der Waals surface area (Å²) in [5.74, 6) is 1.69. The standard InChI is InChI=1S/C29H30N4O4/c1-19-7-6-8-22(15-19)33-28(35)24-11-9-20(17-25(24)31-29(33)32-13-4-5-14-32)27(34)30-18-21-16-23(36-2)10-12-26(21)37-3/h6-12,15-17H,4-5,13-14,18H2,1-3H3,(H,30,34). The van der Waals surface area contributed by atoms with Crippen molar-refractivity contribution in [1.82, 2.24) is 14.9 Å². The number of carbonyl (C=O) groups is 1. The Morgan fingerprint density at radius 1 is 1.00 bits per heavy atom. The van der Waals surface area contributed by atoms with Crippen molar-refractivity contribution >= 4 is 22.8 Å². The quantitative estimate of drug-likeness (QED) is 0.410. The number of anilines is 1. The summed E-state index contributed by atoms with van der Waals surface area (Å²) in [6, 6.07) is 18.3. The lowest BCUT2D eigenvalue weighted by molar-refractivity contribution is 0.0950. The lowest BCUT2D eigenvalue weighted by Crippen LogP contribution is -2.30. The van der Waals surface area contributed by atoms with E-state index in [2.05, 4.69) is 10.2 Å². The lowest BCUT2D eigenvalue weighted by Gasteiger charge is -2.22. The first-order valence-electron chi connectivity index (χ1n) is 12.4. The Labute approximate surface area is 215 Å². The van der Waals surface area contributed by atoms with E-state index in [-0.39, 0.29) is 18.0 Å². The van der Waals surface area contributed by atoms with E-state index in [9.17, 15) is 9.59 Å². The highest BCUT2D eigenvalue weighted by atomic mass is 16.5. The molecule has 5 rings (SSSR count). The third kappa shape index (κ3) is 4.87. The van der Waals surface area contributed by atoms with Crippen molar-refractivity contribution in [3.63, 3.8) is 0 Å². The summed E-state index contributed by atoms with van der Waals surface area (Å²) < 4.78 is 12.4. The molecule has 1 N–H and O–H groups in total. The molecule has 0 aliphatic carbocycles. The molecule has 1 saturated heterocycles. The van der Waals surface area contributed by atoms with Crippen LogP contribution in [0.4, 0.5) is 5.95 Å². The number of hydrogen-bond donors (Lipinski definition) is 1. The molecule has 37 heavy (non-hydrogen) atoms. The Bertz CT molecular complexity index is 1520. The maximum atomic E-state index is 13.7. The summed E-state index contributed by atoms with van der Waals surface area (Å²) in [7, 11) is 3.18. The van der Waals surface area contributed by atoms with Crippen LogP contribution in [-0.2, 0) is 6.54 Å². The minimum absolute atomic E-state index is 0.148. The topological polar surface area (TPSA) is 85.7 Å². The highest BCUT2D eigenvalue weighted by Gasteiger charge is 2.22. The Kier molecular flexibility index (Phi) is 6.81. The van der Waals surface area contributed by atoms with Crippen LogP contribution < -0.4 is 25.2 Å². The van der Waals surface area contributed by atoms with Crippen molar-refractivity contribution in [3.05, 3.63) is 87.7 Å². The number of carbonyl (C=O) groups excluding carboxylic acids is 1. The maximum absolute atomic E-state index is 13.7. The van der Waals surface area contributed by atoms with Gasteiger partial charge in [-0.3, -0.25) is 9.59 Å². The molecule has 1 fully saturated rings. The van der Waals surface area contributed by atoms with Gasteiger partial charge in [-0.2, -0.15) is 0 Å². The summed E-state index contributed by atoms with van der Waals surface area (Å²) in [6.45, 7) is 3.95. The Morgan fingerprint density at radius 2 is 1.81 bits per heavy atom. The molecule has 0 radical (unpaired) electrons. The van der Waals surface area contributed by atoms with Gasteiger partial charge < -0.3 is 19.7 Å².